The molecule has 0 N–H and O–H groups in total. The Hall–Kier alpha value is -2.99. The van der Waals surface area contributed by atoms with Crippen molar-refractivity contribution in [3.8, 4) is 0 Å². The maximum atomic E-state index is 14.2. The van der Waals surface area contributed by atoms with E-state index < -0.39 is 17.6 Å². The van der Waals surface area contributed by atoms with E-state index in [0.29, 0.717) is 16.7 Å². The topological polar surface area (TPSA) is 55.2 Å². The van der Waals surface area contributed by atoms with E-state index in [9.17, 15) is 14.0 Å². The highest BCUT2D eigenvalue weighted by molar-refractivity contribution is 6.34. The number of hydrogen-bond donors (Lipinski definition) is 0. The summed E-state index contributed by atoms with van der Waals surface area (Å²) in [7, 11) is 0. The second-order valence-corrected chi connectivity index (χ2v) is 5.96. The molecule has 1 aliphatic heterocycles. The molecule has 1 aliphatic rings. The quantitative estimate of drug-likeness (QED) is 0.675. The van der Waals surface area contributed by atoms with E-state index in [1.165, 1.54) is 16.9 Å². The lowest BCUT2D eigenvalue weighted by Gasteiger charge is -2.16. The Balaban J connectivity index is 1.73. The lowest BCUT2D eigenvalue weighted by Crippen LogP contribution is -2.31. The number of aromatic nitrogens is 2. The van der Waals surface area contributed by atoms with Gasteiger partial charge in [-0.2, -0.15) is 5.10 Å². The van der Waals surface area contributed by atoms with Gasteiger partial charge in [-0.15, -0.1) is 0 Å². The van der Waals surface area contributed by atoms with Crippen molar-refractivity contribution >= 4 is 29.2 Å². The summed E-state index contributed by atoms with van der Waals surface area (Å²) in [6.45, 7) is 0.0438. The lowest BCUT2D eigenvalue weighted by atomic mass is 10.1. The molecule has 124 valence electrons. The van der Waals surface area contributed by atoms with Crippen molar-refractivity contribution in [3.63, 3.8) is 0 Å². The molecule has 3 aromatic rings. The van der Waals surface area contributed by atoms with E-state index in [1.807, 2.05) is 0 Å². The molecule has 25 heavy (non-hydrogen) atoms. The standard InChI is InChI=1S/C18H11ClFN3O2/c19-14-7-3-4-11(16(14)20)10-22-15(8-9-21-22)23-17(24)12-5-1-2-6-13(12)18(23)25/h1-9H,10H2. The van der Waals surface area contributed by atoms with Crippen LogP contribution in [0.5, 0.6) is 0 Å². The smallest absolute Gasteiger partial charge is 0.267 e. The van der Waals surface area contributed by atoms with Crippen molar-refractivity contribution in [3.05, 3.63) is 82.3 Å². The molecule has 2 heterocycles. The van der Waals surface area contributed by atoms with Crippen LogP contribution >= 0.6 is 11.6 Å². The third-order valence-corrected chi connectivity index (χ3v) is 4.36. The molecular formula is C18H11ClFN3O2. The van der Waals surface area contributed by atoms with E-state index in [0.717, 1.165) is 4.90 Å². The van der Waals surface area contributed by atoms with Gasteiger partial charge in [0.05, 0.1) is 28.9 Å². The average Bonchev–Trinajstić information content (AvgIpc) is 3.15. The SMILES string of the molecule is O=C1c2ccccc2C(=O)N1c1ccnn1Cc1cccc(Cl)c1F. The summed E-state index contributed by atoms with van der Waals surface area (Å²) in [4.78, 5) is 26.3. The summed E-state index contributed by atoms with van der Waals surface area (Å²) in [6, 6.07) is 12.8. The first kappa shape index (κ1) is 15.5. The predicted molar refractivity (Wildman–Crippen MR) is 90.3 cm³/mol. The van der Waals surface area contributed by atoms with Crippen molar-refractivity contribution < 1.29 is 14.0 Å². The zero-order chi connectivity index (χ0) is 17.6. The summed E-state index contributed by atoms with van der Waals surface area (Å²) in [6.07, 6.45) is 1.46. The minimum absolute atomic E-state index is 0.00642. The summed E-state index contributed by atoms with van der Waals surface area (Å²) in [5.74, 6) is -1.11. The zero-order valence-electron chi connectivity index (χ0n) is 12.8. The Morgan fingerprint density at radius 3 is 2.32 bits per heavy atom. The Morgan fingerprint density at radius 2 is 1.64 bits per heavy atom. The zero-order valence-corrected chi connectivity index (χ0v) is 13.6. The number of carbonyl (C=O) groups is 2. The molecule has 0 aliphatic carbocycles. The van der Waals surface area contributed by atoms with E-state index in [1.54, 1.807) is 42.5 Å². The fourth-order valence-corrected chi connectivity index (χ4v) is 3.06. The monoisotopic (exact) mass is 355 g/mol. The van der Waals surface area contributed by atoms with Gasteiger partial charge in [0.1, 0.15) is 11.6 Å². The van der Waals surface area contributed by atoms with E-state index in [2.05, 4.69) is 5.10 Å². The van der Waals surface area contributed by atoms with Gasteiger partial charge < -0.3 is 0 Å². The molecule has 0 spiro atoms. The van der Waals surface area contributed by atoms with Gasteiger partial charge >= 0.3 is 0 Å². The van der Waals surface area contributed by atoms with E-state index in [4.69, 9.17) is 11.6 Å². The van der Waals surface area contributed by atoms with Crippen LogP contribution in [0.25, 0.3) is 0 Å². The number of nitrogens with zero attached hydrogens (tertiary/aromatic N) is 3. The van der Waals surface area contributed by atoms with Crippen molar-refractivity contribution in [1.29, 1.82) is 0 Å². The summed E-state index contributed by atoms with van der Waals surface area (Å²) in [5.41, 5.74) is 0.998. The largest absolute Gasteiger partial charge is 0.268 e. The molecule has 0 fully saturated rings. The average molecular weight is 356 g/mol. The van der Waals surface area contributed by atoms with Crippen LogP contribution in [0.3, 0.4) is 0 Å². The highest BCUT2D eigenvalue weighted by atomic mass is 35.5. The van der Waals surface area contributed by atoms with Crippen molar-refractivity contribution in [1.82, 2.24) is 9.78 Å². The van der Waals surface area contributed by atoms with Crippen LogP contribution in [0.2, 0.25) is 5.02 Å². The van der Waals surface area contributed by atoms with Crippen molar-refractivity contribution in [2.75, 3.05) is 4.90 Å². The third kappa shape index (κ3) is 2.42. The van der Waals surface area contributed by atoms with Gasteiger partial charge in [-0.05, 0) is 18.2 Å². The molecule has 2 amide bonds. The molecule has 5 nitrogen and oxygen atoms in total. The predicted octanol–water partition coefficient (Wildman–Crippen LogP) is 3.52. The van der Waals surface area contributed by atoms with Crippen LogP contribution < -0.4 is 4.90 Å². The van der Waals surface area contributed by atoms with Gasteiger partial charge in [0, 0.05) is 11.6 Å². The maximum Gasteiger partial charge on any atom is 0.267 e. The number of hydrogen-bond acceptors (Lipinski definition) is 3. The molecule has 0 unspecified atom stereocenters. The Morgan fingerprint density at radius 1 is 0.960 bits per heavy atom. The van der Waals surface area contributed by atoms with Gasteiger partial charge in [-0.3, -0.25) is 9.59 Å². The molecule has 0 bridgehead atoms. The van der Waals surface area contributed by atoms with Gasteiger partial charge in [0.25, 0.3) is 11.8 Å². The first-order valence-corrected chi connectivity index (χ1v) is 7.88. The normalized spacial score (nSPS) is 13.4. The molecule has 1 aromatic heterocycles. The van der Waals surface area contributed by atoms with Crippen LogP contribution in [-0.4, -0.2) is 21.6 Å². The fraction of sp³-hybridized carbons (Fsp3) is 0.0556. The minimum atomic E-state index is -0.548. The number of halogens is 2. The number of anilines is 1. The highest BCUT2D eigenvalue weighted by Crippen LogP contribution is 2.29. The molecule has 4 rings (SSSR count). The molecule has 0 radical (unpaired) electrons. The summed E-state index contributed by atoms with van der Waals surface area (Å²) >= 11 is 5.80. The van der Waals surface area contributed by atoms with Gasteiger partial charge in [-0.25, -0.2) is 14.0 Å². The second kappa shape index (κ2) is 5.82. The molecule has 2 aromatic carbocycles. The second-order valence-electron chi connectivity index (χ2n) is 5.55. The van der Waals surface area contributed by atoms with E-state index in [-0.39, 0.29) is 17.4 Å². The fourth-order valence-electron chi connectivity index (χ4n) is 2.87. The Bertz CT molecular complexity index is 980. The van der Waals surface area contributed by atoms with E-state index >= 15 is 0 Å². The highest BCUT2D eigenvalue weighted by Gasteiger charge is 2.38. The van der Waals surface area contributed by atoms with Gasteiger partial charge in [0.15, 0.2) is 0 Å². The first-order valence-electron chi connectivity index (χ1n) is 7.50. The Labute approximate surface area is 147 Å². The summed E-state index contributed by atoms with van der Waals surface area (Å²) < 4.78 is 15.5. The van der Waals surface area contributed by atoms with Crippen LogP contribution in [0.4, 0.5) is 10.2 Å². The number of rotatable bonds is 3. The molecule has 0 atom stereocenters. The molecule has 0 saturated heterocycles. The van der Waals surface area contributed by atoms with Gasteiger partial charge in [0.2, 0.25) is 0 Å². The van der Waals surface area contributed by atoms with Crippen molar-refractivity contribution in [2.24, 2.45) is 0 Å². The number of fused-ring (bicyclic) bond motifs is 1. The molecule has 0 saturated carbocycles. The third-order valence-electron chi connectivity index (χ3n) is 4.07. The number of imide groups is 1. The molecule has 7 heteroatoms. The Kier molecular flexibility index (Phi) is 3.62. The minimum Gasteiger partial charge on any atom is -0.268 e. The van der Waals surface area contributed by atoms with Gasteiger partial charge in [-0.1, -0.05) is 35.9 Å². The van der Waals surface area contributed by atoms with Crippen LogP contribution in [0.15, 0.2) is 54.7 Å². The van der Waals surface area contributed by atoms with Crippen LogP contribution in [0, 0.1) is 5.82 Å². The van der Waals surface area contributed by atoms with Crippen molar-refractivity contribution in [2.45, 2.75) is 6.54 Å². The molecular weight excluding hydrogens is 345 g/mol. The lowest BCUT2D eigenvalue weighted by molar-refractivity contribution is 0.0923. The number of carbonyl (C=O) groups excluding carboxylic acids is 2. The number of amides is 2. The number of benzene rings is 2. The van der Waals surface area contributed by atoms with Crippen LogP contribution in [0.1, 0.15) is 26.3 Å². The van der Waals surface area contributed by atoms with Crippen LogP contribution in [-0.2, 0) is 6.54 Å². The maximum absolute atomic E-state index is 14.2. The first-order chi connectivity index (χ1) is 12.1. The summed E-state index contributed by atoms with van der Waals surface area (Å²) in [5, 5.41) is 4.13.